The van der Waals surface area contributed by atoms with Crippen molar-refractivity contribution in [2.24, 2.45) is 35.0 Å². The standard InChI is InChI=1S/C34H61N3O6/c1-28(2)14-20(15-29(3,4)35-28)34(21-16-30(5,6)36-31(7,8)17-21,22-18-32(9,10)37-33(11,12)19-22)25(27(42)43)23(26(40)41)13-24(38)39/h20-23,25,35-37H,13-19H2,1-12H3,(H,38,39)(H,40,41)(H,42,43). The highest BCUT2D eigenvalue weighted by atomic mass is 16.4. The van der Waals surface area contributed by atoms with Crippen molar-refractivity contribution < 1.29 is 29.7 Å². The van der Waals surface area contributed by atoms with Crippen LogP contribution in [0.5, 0.6) is 0 Å². The number of carboxylic acid groups (broad SMARTS) is 3. The van der Waals surface area contributed by atoms with Crippen molar-refractivity contribution in [3.63, 3.8) is 0 Å². The van der Waals surface area contributed by atoms with E-state index in [4.69, 9.17) is 0 Å². The molecule has 0 aromatic heterocycles. The molecule has 0 spiro atoms. The van der Waals surface area contributed by atoms with Gasteiger partial charge in [-0.1, -0.05) is 0 Å². The smallest absolute Gasteiger partial charge is 0.307 e. The maximum Gasteiger partial charge on any atom is 0.307 e. The summed E-state index contributed by atoms with van der Waals surface area (Å²) in [6.45, 7) is 25.8. The number of carboxylic acids is 3. The molecule has 0 aromatic rings. The van der Waals surface area contributed by atoms with Crippen LogP contribution < -0.4 is 16.0 Å². The van der Waals surface area contributed by atoms with Gasteiger partial charge in [0.2, 0.25) is 0 Å². The van der Waals surface area contributed by atoms with E-state index in [0.717, 1.165) is 0 Å². The van der Waals surface area contributed by atoms with Crippen LogP contribution in [0.15, 0.2) is 0 Å². The lowest BCUT2D eigenvalue weighted by atomic mass is 9.42. The Morgan fingerprint density at radius 1 is 0.558 bits per heavy atom. The minimum atomic E-state index is -1.56. The largest absolute Gasteiger partial charge is 0.481 e. The third kappa shape index (κ3) is 7.93. The van der Waals surface area contributed by atoms with Gasteiger partial charge >= 0.3 is 17.9 Å². The van der Waals surface area contributed by atoms with Crippen molar-refractivity contribution in [3.8, 4) is 0 Å². The lowest BCUT2D eigenvalue weighted by molar-refractivity contribution is -0.191. The molecule has 0 saturated carbocycles. The highest BCUT2D eigenvalue weighted by Gasteiger charge is 2.66. The normalized spacial score (nSPS) is 28.5. The van der Waals surface area contributed by atoms with E-state index in [1.807, 2.05) is 0 Å². The number of piperidine rings is 3. The maximum absolute atomic E-state index is 13.9. The second-order valence-corrected chi connectivity index (χ2v) is 18.4. The first kappa shape index (κ1) is 35.8. The Kier molecular flexibility index (Phi) is 9.37. The minimum Gasteiger partial charge on any atom is -0.481 e. The molecular weight excluding hydrogens is 546 g/mol. The molecule has 248 valence electrons. The molecule has 6 N–H and O–H groups in total. The first-order valence-corrected chi connectivity index (χ1v) is 16.2. The van der Waals surface area contributed by atoms with E-state index < -0.39 is 41.6 Å². The molecule has 9 heteroatoms. The Morgan fingerprint density at radius 3 is 1.00 bits per heavy atom. The fourth-order valence-electron chi connectivity index (χ4n) is 11.1. The monoisotopic (exact) mass is 607 g/mol. The third-order valence-corrected chi connectivity index (χ3v) is 10.6. The van der Waals surface area contributed by atoms with Gasteiger partial charge in [-0.15, -0.1) is 0 Å². The van der Waals surface area contributed by atoms with Gasteiger partial charge in [0.1, 0.15) is 0 Å². The summed E-state index contributed by atoms with van der Waals surface area (Å²) < 4.78 is 0. The summed E-state index contributed by atoms with van der Waals surface area (Å²) >= 11 is 0. The summed E-state index contributed by atoms with van der Waals surface area (Å²) in [7, 11) is 0. The molecule has 3 aliphatic rings. The summed E-state index contributed by atoms with van der Waals surface area (Å²) in [4.78, 5) is 39.2. The van der Waals surface area contributed by atoms with Crippen LogP contribution in [-0.2, 0) is 14.4 Å². The van der Waals surface area contributed by atoms with E-state index in [0.29, 0.717) is 38.5 Å². The zero-order valence-corrected chi connectivity index (χ0v) is 28.9. The van der Waals surface area contributed by atoms with Gasteiger partial charge in [-0.25, -0.2) is 0 Å². The van der Waals surface area contributed by atoms with Crippen LogP contribution in [0.25, 0.3) is 0 Å². The lowest BCUT2D eigenvalue weighted by Gasteiger charge is -2.66. The molecule has 0 aliphatic carbocycles. The molecule has 0 amide bonds. The van der Waals surface area contributed by atoms with Gasteiger partial charge in [0.05, 0.1) is 18.3 Å². The average molecular weight is 608 g/mol. The van der Waals surface area contributed by atoms with Gasteiger partial charge in [0.15, 0.2) is 0 Å². The predicted octanol–water partition coefficient (Wildman–Crippen LogP) is 5.52. The maximum atomic E-state index is 13.9. The summed E-state index contributed by atoms with van der Waals surface area (Å²) in [5, 5.41) is 43.3. The first-order valence-electron chi connectivity index (χ1n) is 16.2. The van der Waals surface area contributed by atoms with Crippen molar-refractivity contribution in [1.82, 2.24) is 16.0 Å². The van der Waals surface area contributed by atoms with Crippen LogP contribution in [0.3, 0.4) is 0 Å². The molecule has 3 saturated heterocycles. The number of hydrogen-bond acceptors (Lipinski definition) is 6. The highest BCUT2D eigenvalue weighted by Crippen LogP contribution is 2.64. The SMILES string of the molecule is CC1(C)CC(C(C2CC(C)(C)NC(C)(C)C2)(C2CC(C)(C)NC(C)(C)C2)C(C(=O)O)C(CC(=O)O)C(=O)O)CC(C)(C)N1. The predicted molar refractivity (Wildman–Crippen MR) is 169 cm³/mol. The molecular formula is C34H61N3O6. The first-order chi connectivity index (χ1) is 19.1. The molecule has 0 radical (unpaired) electrons. The molecule has 2 atom stereocenters. The summed E-state index contributed by atoms with van der Waals surface area (Å²) in [6.07, 6.45) is 3.33. The fraction of sp³-hybridized carbons (Fsp3) is 0.912. The van der Waals surface area contributed by atoms with E-state index in [9.17, 15) is 29.7 Å². The molecule has 43 heavy (non-hydrogen) atoms. The molecule has 0 bridgehead atoms. The molecule has 3 aliphatic heterocycles. The van der Waals surface area contributed by atoms with Crippen molar-refractivity contribution >= 4 is 17.9 Å². The topological polar surface area (TPSA) is 148 Å². The second-order valence-electron chi connectivity index (χ2n) is 18.4. The molecule has 3 heterocycles. The Hall–Kier alpha value is -1.71. The van der Waals surface area contributed by atoms with E-state index in [2.05, 4.69) is 99.0 Å². The van der Waals surface area contributed by atoms with Gasteiger partial charge in [0, 0.05) is 33.2 Å². The van der Waals surface area contributed by atoms with Gasteiger partial charge in [-0.3, -0.25) is 14.4 Å². The second kappa shape index (κ2) is 11.3. The van der Waals surface area contributed by atoms with Crippen molar-refractivity contribution in [3.05, 3.63) is 0 Å². The minimum absolute atomic E-state index is 0.153. The number of rotatable bonds is 9. The van der Waals surface area contributed by atoms with Gasteiger partial charge in [-0.05, 0) is 145 Å². The number of nitrogens with one attached hydrogen (secondary N) is 3. The van der Waals surface area contributed by atoms with E-state index in [-0.39, 0.29) is 51.0 Å². The van der Waals surface area contributed by atoms with Crippen LogP contribution in [0.2, 0.25) is 0 Å². The third-order valence-electron chi connectivity index (χ3n) is 10.6. The molecule has 3 rings (SSSR count). The van der Waals surface area contributed by atoms with E-state index in [1.54, 1.807) is 0 Å². The molecule has 0 aromatic carbocycles. The Bertz CT molecular complexity index is 951. The van der Waals surface area contributed by atoms with Crippen molar-refractivity contribution in [2.75, 3.05) is 0 Å². The molecule has 9 nitrogen and oxygen atoms in total. The summed E-state index contributed by atoms with van der Waals surface area (Å²) in [6, 6.07) is 0. The highest BCUT2D eigenvalue weighted by molar-refractivity contribution is 5.84. The van der Waals surface area contributed by atoms with Crippen LogP contribution in [0, 0.1) is 35.0 Å². The van der Waals surface area contributed by atoms with E-state index >= 15 is 0 Å². The Balaban J connectivity index is 2.52. The van der Waals surface area contributed by atoms with Crippen molar-refractivity contribution in [1.29, 1.82) is 0 Å². The Labute approximate surface area is 259 Å². The van der Waals surface area contributed by atoms with Crippen LogP contribution in [0.4, 0.5) is 0 Å². The zero-order valence-electron chi connectivity index (χ0n) is 28.9. The molecule has 3 fully saturated rings. The van der Waals surface area contributed by atoms with Gasteiger partial charge in [0.25, 0.3) is 0 Å². The van der Waals surface area contributed by atoms with Crippen LogP contribution in [-0.4, -0.2) is 66.5 Å². The van der Waals surface area contributed by atoms with Gasteiger partial charge < -0.3 is 31.3 Å². The fourth-order valence-corrected chi connectivity index (χ4v) is 11.1. The Morgan fingerprint density at radius 2 is 0.814 bits per heavy atom. The van der Waals surface area contributed by atoms with Crippen LogP contribution >= 0.6 is 0 Å². The lowest BCUT2D eigenvalue weighted by Crippen LogP contribution is -2.70. The molecule has 2 unspecified atom stereocenters. The summed E-state index contributed by atoms with van der Waals surface area (Å²) in [5.74, 6) is -7.20. The summed E-state index contributed by atoms with van der Waals surface area (Å²) in [5.41, 5.74) is -2.98. The van der Waals surface area contributed by atoms with E-state index in [1.165, 1.54) is 0 Å². The zero-order chi connectivity index (χ0) is 33.2. The van der Waals surface area contributed by atoms with Crippen LogP contribution in [0.1, 0.15) is 128 Å². The van der Waals surface area contributed by atoms with Crippen molar-refractivity contribution in [2.45, 2.75) is 161 Å². The number of aliphatic carboxylic acids is 3. The number of hydrogen-bond donors (Lipinski definition) is 6. The van der Waals surface area contributed by atoms with Gasteiger partial charge in [-0.2, -0.15) is 0 Å². The quantitative estimate of drug-likeness (QED) is 0.199. The number of carbonyl (C=O) groups is 3. The average Bonchev–Trinajstić information content (AvgIpc) is 2.68.